The van der Waals surface area contributed by atoms with Crippen molar-refractivity contribution in [3.63, 3.8) is 0 Å². The highest BCUT2D eigenvalue weighted by Gasteiger charge is 2.24. The lowest BCUT2D eigenvalue weighted by atomic mass is 10.1. The van der Waals surface area contributed by atoms with E-state index in [4.69, 9.17) is 41.5 Å². The van der Waals surface area contributed by atoms with Gasteiger partial charge in [0.05, 0.1) is 0 Å². The molecule has 8 N–H and O–H groups in total. The van der Waals surface area contributed by atoms with E-state index in [1.807, 2.05) is 0 Å². The average Bonchev–Trinajstić information content (AvgIpc) is 2.01. The fourth-order valence-corrected chi connectivity index (χ4v) is 0.209. The van der Waals surface area contributed by atoms with Crippen LogP contribution in [0.3, 0.4) is 0 Å². The Kier molecular flexibility index (Phi) is 13.0. The van der Waals surface area contributed by atoms with Gasteiger partial charge in [0.15, 0.2) is 5.72 Å². The van der Waals surface area contributed by atoms with Crippen molar-refractivity contribution in [1.29, 1.82) is 0 Å². The molecule has 8 nitrogen and oxygen atoms in total. The lowest BCUT2D eigenvalue weighted by Crippen LogP contribution is -2.54. The van der Waals surface area contributed by atoms with Gasteiger partial charge in [-0.2, -0.15) is 0 Å². The normalized spacial score (nSPS) is 14.2. The summed E-state index contributed by atoms with van der Waals surface area (Å²) in [6.45, 7) is 3.80. The molecule has 0 aliphatic carbocycles. The molecule has 0 saturated carbocycles. The van der Waals surface area contributed by atoms with E-state index in [1.54, 1.807) is 6.92 Å². The van der Waals surface area contributed by atoms with Gasteiger partial charge >= 0.3 is 0 Å². The maximum Gasteiger partial charge on any atom is 0.300 e. The van der Waals surface area contributed by atoms with E-state index in [2.05, 4.69) is 0 Å². The van der Waals surface area contributed by atoms with E-state index in [0.29, 0.717) is 0 Å². The number of rotatable bonds is 2. The van der Waals surface area contributed by atoms with Crippen molar-refractivity contribution in [3.8, 4) is 0 Å². The summed E-state index contributed by atoms with van der Waals surface area (Å²) >= 11 is 0. The van der Waals surface area contributed by atoms with E-state index in [0.717, 1.165) is 13.8 Å². The van der Waals surface area contributed by atoms with Crippen molar-refractivity contribution >= 4 is 11.9 Å². The molecule has 2 atom stereocenters. The number of carboxylic acid groups (broad SMARTS) is 2. The Morgan fingerprint density at radius 3 is 1.44 bits per heavy atom. The summed E-state index contributed by atoms with van der Waals surface area (Å²) in [7, 11) is 0. The summed E-state index contributed by atoms with van der Waals surface area (Å²) in [4.78, 5) is 18.0. The van der Waals surface area contributed by atoms with Crippen molar-refractivity contribution in [1.82, 2.24) is 0 Å². The van der Waals surface area contributed by atoms with Crippen LogP contribution < -0.4 is 11.5 Å². The quantitative estimate of drug-likeness (QED) is 0.317. The van der Waals surface area contributed by atoms with Gasteiger partial charge in [-0.05, 0) is 6.42 Å². The molecule has 0 amide bonds. The molecular formula is C8H20N2O6. The first-order valence-electron chi connectivity index (χ1n) is 4.31. The summed E-state index contributed by atoms with van der Waals surface area (Å²) in [6.07, 6.45) is -1.11. The van der Waals surface area contributed by atoms with Crippen LogP contribution >= 0.6 is 0 Å². The molecule has 16 heavy (non-hydrogen) atoms. The maximum atomic E-state index is 9.00. The van der Waals surface area contributed by atoms with Crippen LogP contribution in [0, 0.1) is 0 Å². The lowest BCUT2D eigenvalue weighted by Gasteiger charge is -2.23. The first kappa shape index (κ1) is 20.2. The minimum Gasteiger partial charge on any atom is -0.481 e. The SMILES string of the molecule is CC(=O)O.CC(=O)O.CCC(N)(O)C(N)O. The molecule has 0 aromatic rings. The Morgan fingerprint density at radius 1 is 1.25 bits per heavy atom. The molecule has 0 aliphatic heterocycles. The van der Waals surface area contributed by atoms with Crippen LogP contribution in [0.15, 0.2) is 0 Å². The smallest absolute Gasteiger partial charge is 0.300 e. The number of carboxylic acids is 2. The van der Waals surface area contributed by atoms with Gasteiger partial charge in [0.2, 0.25) is 0 Å². The maximum absolute atomic E-state index is 9.00. The van der Waals surface area contributed by atoms with Crippen LogP contribution in [0.2, 0.25) is 0 Å². The molecular weight excluding hydrogens is 220 g/mol. The minimum atomic E-state index is -1.62. The fourth-order valence-electron chi connectivity index (χ4n) is 0.209. The average molecular weight is 240 g/mol. The van der Waals surface area contributed by atoms with Crippen molar-refractivity contribution in [2.75, 3.05) is 0 Å². The molecule has 0 fully saturated rings. The van der Waals surface area contributed by atoms with Gasteiger partial charge in [0, 0.05) is 13.8 Å². The molecule has 8 heteroatoms. The predicted molar refractivity (Wildman–Crippen MR) is 56.2 cm³/mol. The first-order valence-corrected chi connectivity index (χ1v) is 4.31. The number of nitrogens with two attached hydrogens (primary N) is 2. The Labute approximate surface area is 93.5 Å². The summed E-state index contributed by atoms with van der Waals surface area (Å²) in [5.41, 5.74) is 8.28. The largest absolute Gasteiger partial charge is 0.481 e. The summed E-state index contributed by atoms with van der Waals surface area (Å²) in [6, 6.07) is 0. The minimum absolute atomic E-state index is 0.241. The number of hydrogen-bond acceptors (Lipinski definition) is 6. The monoisotopic (exact) mass is 240 g/mol. The highest BCUT2D eigenvalue weighted by Crippen LogP contribution is 2.01. The fraction of sp³-hybridized carbons (Fsp3) is 0.750. The van der Waals surface area contributed by atoms with Crippen LogP contribution in [-0.2, 0) is 9.59 Å². The van der Waals surface area contributed by atoms with E-state index < -0.39 is 23.9 Å². The highest BCUT2D eigenvalue weighted by atomic mass is 16.4. The molecule has 0 radical (unpaired) electrons. The second kappa shape index (κ2) is 10.3. The summed E-state index contributed by atoms with van der Waals surface area (Å²) < 4.78 is 0. The van der Waals surface area contributed by atoms with E-state index >= 15 is 0 Å². The van der Waals surface area contributed by atoms with Crippen LogP contribution in [0.1, 0.15) is 27.2 Å². The topological polar surface area (TPSA) is 167 Å². The molecule has 0 bridgehead atoms. The van der Waals surface area contributed by atoms with Gasteiger partial charge < -0.3 is 31.9 Å². The zero-order valence-electron chi connectivity index (χ0n) is 9.54. The molecule has 98 valence electrons. The van der Waals surface area contributed by atoms with Gasteiger partial charge in [-0.25, -0.2) is 0 Å². The summed E-state index contributed by atoms with van der Waals surface area (Å²) in [5, 5.41) is 32.1. The third-order valence-corrected chi connectivity index (χ3v) is 1.08. The zero-order chi connectivity index (χ0) is 13.9. The number of carbonyl (C=O) groups is 2. The van der Waals surface area contributed by atoms with Crippen LogP contribution in [0.25, 0.3) is 0 Å². The van der Waals surface area contributed by atoms with Gasteiger partial charge in [-0.1, -0.05) is 6.92 Å². The molecule has 0 aromatic carbocycles. The van der Waals surface area contributed by atoms with Crippen LogP contribution in [-0.4, -0.2) is 44.3 Å². The molecule has 0 heterocycles. The van der Waals surface area contributed by atoms with Crippen LogP contribution in [0.5, 0.6) is 0 Å². The zero-order valence-corrected chi connectivity index (χ0v) is 9.54. The number of aliphatic hydroxyl groups excluding tert-OH is 1. The Hall–Kier alpha value is -1.22. The first-order chi connectivity index (χ1) is 6.97. The Bertz CT molecular complexity index is 185. The number of aliphatic carboxylic acids is 2. The molecule has 0 spiro atoms. The molecule has 0 saturated heterocycles. The lowest BCUT2D eigenvalue weighted by molar-refractivity contribution is -0.135. The third-order valence-electron chi connectivity index (χ3n) is 1.08. The molecule has 2 unspecified atom stereocenters. The molecule has 0 aromatic heterocycles. The highest BCUT2D eigenvalue weighted by molar-refractivity contribution is 5.63. The van der Waals surface area contributed by atoms with Crippen molar-refractivity contribution in [2.45, 2.75) is 39.1 Å². The van der Waals surface area contributed by atoms with E-state index in [9.17, 15) is 0 Å². The van der Waals surface area contributed by atoms with E-state index in [-0.39, 0.29) is 6.42 Å². The van der Waals surface area contributed by atoms with Gasteiger partial charge in [0.25, 0.3) is 11.9 Å². The number of hydrogen-bond donors (Lipinski definition) is 6. The van der Waals surface area contributed by atoms with Crippen molar-refractivity contribution < 1.29 is 30.0 Å². The van der Waals surface area contributed by atoms with Gasteiger partial charge in [-0.15, -0.1) is 0 Å². The Balaban J connectivity index is -0.000000179. The Morgan fingerprint density at radius 2 is 1.44 bits per heavy atom. The molecule has 0 aliphatic rings. The van der Waals surface area contributed by atoms with Crippen LogP contribution in [0.4, 0.5) is 0 Å². The third kappa shape index (κ3) is 29.3. The second-order valence-corrected chi connectivity index (χ2v) is 2.83. The standard InChI is InChI=1S/C4H12N2O2.2C2H4O2/c1-2-4(6,8)3(5)7;2*1-2(3)4/h3,7-8H,2,5-6H2,1H3;2*1H3,(H,3,4). The van der Waals surface area contributed by atoms with Crippen molar-refractivity contribution in [2.24, 2.45) is 11.5 Å². The number of aliphatic hydroxyl groups is 2. The van der Waals surface area contributed by atoms with Crippen molar-refractivity contribution in [3.05, 3.63) is 0 Å². The second-order valence-electron chi connectivity index (χ2n) is 2.83. The van der Waals surface area contributed by atoms with Gasteiger partial charge in [-0.3, -0.25) is 9.59 Å². The predicted octanol–water partition coefficient (Wildman–Crippen LogP) is -1.50. The van der Waals surface area contributed by atoms with Gasteiger partial charge in [0.1, 0.15) is 6.23 Å². The van der Waals surface area contributed by atoms with E-state index in [1.165, 1.54) is 0 Å². The molecule has 0 rings (SSSR count). The summed E-state index contributed by atoms with van der Waals surface area (Å²) in [5.74, 6) is -1.67.